The van der Waals surface area contributed by atoms with Crippen LogP contribution in [0.3, 0.4) is 0 Å². The van der Waals surface area contributed by atoms with Gasteiger partial charge in [-0.15, -0.1) is 0 Å². The van der Waals surface area contributed by atoms with E-state index in [-0.39, 0.29) is 0 Å². The maximum Gasteiger partial charge on any atom is 0.488 e. The Labute approximate surface area is 133 Å². The fourth-order valence-corrected chi connectivity index (χ4v) is 2.30. The van der Waals surface area contributed by atoms with Gasteiger partial charge in [-0.05, 0) is 23.2 Å². The van der Waals surface area contributed by atoms with Gasteiger partial charge in [0.15, 0.2) is 0 Å². The Balaban J connectivity index is 1.79. The van der Waals surface area contributed by atoms with Crippen LogP contribution in [-0.2, 0) is 6.54 Å². The molecule has 0 amide bonds. The Kier molecular flexibility index (Phi) is 4.41. The van der Waals surface area contributed by atoms with Crippen LogP contribution in [0.1, 0.15) is 5.56 Å². The van der Waals surface area contributed by atoms with Crippen molar-refractivity contribution in [2.45, 2.75) is 6.54 Å². The molecule has 0 atom stereocenters. The van der Waals surface area contributed by atoms with Crippen LogP contribution < -0.4 is 15.5 Å². The van der Waals surface area contributed by atoms with Crippen LogP contribution in [0.4, 0.5) is 5.82 Å². The molecule has 7 heteroatoms. The minimum atomic E-state index is -1.45. The first kappa shape index (κ1) is 15.3. The van der Waals surface area contributed by atoms with Gasteiger partial charge in [0.05, 0.1) is 12.6 Å². The lowest BCUT2D eigenvalue weighted by atomic mass is 9.80. The van der Waals surface area contributed by atoms with Gasteiger partial charge in [-0.3, -0.25) is 0 Å². The van der Waals surface area contributed by atoms with Crippen molar-refractivity contribution in [3.8, 4) is 5.75 Å². The minimum Gasteiger partial charge on any atom is -0.497 e. The summed E-state index contributed by atoms with van der Waals surface area (Å²) in [4.78, 5) is 8.53. The van der Waals surface area contributed by atoms with Crippen LogP contribution in [0.25, 0.3) is 10.9 Å². The second kappa shape index (κ2) is 6.64. The quantitative estimate of drug-likeness (QED) is 0.608. The van der Waals surface area contributed by atoms with E-state index in [0.29, 0.717) is 12.0 Å². The fourth-order valence-electron chi connectivity index (χ4n) is 2.30. The Hall–Kier alpha value is -2.64. The summed E-state index contributed by atoms with van der Waals surface area (Å²) >= 11 is 0. The summed E-state index contributed by atoms with van der Waals surface area (Å²) in [6.07, 6.45) is 1.51. The van der Waals surface area contributed by atoms with Crippen molar-refractivity contribution < 1.29 is 14.8 Å². The van der Waals surface area contributed by atoms with E-state index in [1.807, 2.05) is 30.3 Å². The molecule has 3 aromatic rings. The molecule has 1 aromatic heterocycles. The van der Waals surface area contributed by atoms with Crippen molar-refractivity contribution >= 4 is 29.3 Å². The molecule has 6 nitrogen and oxygen atoms in total. The Morgan fingerprint density at radius 1 is 1.09 bits per heavy atom. The van der Waals surface area contributed by atoms with Crippen molar-refractivity contribution in [1.82, 2.24) is 9.97 Å². The van der Waals surface area contributed by atoms with E-state index in [0.717, 1.165) is 28.0 Å². The van der Waals surface area contributed by atoms with Crippen LogP contribution in [0.15, 0.2) is 48.8 Å². The van der Waals surface area contributed by atoms with Crippen LogP contribution in [0.5, 0.6) is 5.75 Å². The first-order valence-corrected chi connectivity index (χ1v) is 7.15. The molecule has 0 aliphatic heterocycles. The molecule has 0 radical (unpaired) electrons. The topological polar surface area (TPSA) is 87.5 Å². The highest BCUT2D eigenvalue weighted by Gasteiger charge is 2.10. The SMILES string of the molecule is COc1ccc2c(NCc3ccc(B(O)O)cc3)ncnc2c1. The van der Waals surface area contributed by atoms with E-state index in [1.54, 1.807) is 19.2 Å². The van der Waals surface area contributed by atoms with Crippen molar-refractivity contribution in [1.29, 1.82) is 0 Å². The highest BCUT2D eigenvalue weighted by atomic mass is 16.5. The van der Waals surface area contributed by atoms with Gasteiger partial charge in [0.1, 0.15) is 17.9 Å². The van der Waals surface area contributed by atoms with Gasteiger partial charge in [0, 0.05) is 18.0 Å². The molecule has 0 spiro atoms. The summed E-state index contributed by atoms with van der Waals surface area (Å²) in [5, 5.41) is 22.4. The van der Waals surface area contributed by atoms with Gasteiger partial charge < -0.3 is 20.1 Å². The molecular weight excluding hydrogens is 293 g/mol. The molecule has 0 saturated heterocycles. The summed E-state index contributed by atoms with van der Waals surface area (Å²) in [6.45, 7) is 0.569. The lowest BCUT2D eigenvalue weighted by molar-refractivity contribution is 0.415. The van der Waals surface area contributed by atoms with Crippen LogP contribution in [0.2, 0.25) is 0 Å². The molecule has 3 rings (SSSR count). The number of methoxy groups -OCH3 is 1. The van der Waals surface area contributed by atoms with E-state index in [9.17, 15) is 0 Å². The number of rotatable bonds is 5. The Morgan fingerprint density at radius 2 is 1.87 bits per heavy atom. The third kappa shape index (κ3) is 3.41. The summed E-state index contributed by atoms with van der Waals surface area (Å²) in [5.41, 5.74) is 2.28. The van der Waals surface area contributed by atoms with Crippen molar-refractivity contribution in [2.24, 2.45) is 0 Å². The zero-order valence-electron chi connectivity index (χ0n) is 12.6. The molecule has 0 bridgehead atoms. The molecular formula is C16H16BN3O3. The third-order valence-corrected chi connectivity index (χ3v) is 3.58. The smallest absolute Gasteiger partial charge is 0.488 e. The number of aromatic nitrogens is 2. The van der Waals surface area contributed by atoms with Gasteiger partial charge in [0.25, 0.3) is 0 Å². The molecule has 1 heterocycles. The van der Waals surface area contributed by atoms with Gasteiger partial charge in [-0.25, -0.2) is 9.97 Å². The standard InChI is InChI=1S/C16H16BN3O3/c1-23-13-6-7-14-15(8-13)19-10-20-16(14)18-9-11-2-4-12(5-3-11)17(21)22/h2-8,10,21-22H,9H2,1H3,(H,18,19,20). The second-order valence-electron chi connectivity index (χ2n) is 5.07. The van der Waals surface area contributed by atoms with Gasteiger partial charge in [-0.2, -0.15) is 0 Å². The molecule has 23 heavy (non-hydrogen) atoms. The predicted octanol–water partition coefficient (Wildman–Crippen LogP) is 0.930. The zero-order valence-corrected chi connectivity index (χ0v) is 12.6. The maximum atomic E-state index is 9.10. The number of anilines is 1. The zero-order chi connectivity index (χ0) is 16.2. The molecule has 0 aliphatic rings. The highest BCUT2D eigenvalue weighted by Crippen LogP contribution is 2.23. The highest BCUT2D eigenvalue weighted by molar-refractivity contribution is 6.58. The molecule has 0 saturated carbocycles. The molecule has 116 valence electrons. The lowest BCUT2D eigenvalue weighted by Crippen LogP contribution is -2.29. The molecule has 0 aliphatic carbocycles. The molecule has 0 fully saturated rings. The van der Waals surface area contributed by atoms with Crippen LogP contribution in [-0.4, -0.2) is 34.2 Å². The monoisotopic (exact) mass is 309 g/mol. The predicted molar refractivity (Wildman–Crippen MR) is 89.7 cm³/mol. The number of hydrogen-bond donors (Lipinski definition) is 3. The van der Waals surface area contributed by atoms with Crippen LogP contribution in [0, 0.1) is 0 Å². The maximum absolute atomic E-state index is 9.10. The summed E-state index contributed by atoms with van der Waals surface area (Å²) in [5.74, 6) is 1.49. The van der Waals surface area contributed by atoms with Gasteiger partial charge >= 0.3 is 7.12 Å². The number of ether oxygens (including phenoxy) is 1. The molecule has 2 aromatic carbocycles. The van der Waals surface area contributed by atoms with E-state index in [4.69, 9.17) is 14.8 Å². The van der Waals surface area contributed by atoms with E-state index in [2.05, 4.69) is 15.3 Å². The number of benzene rings is 2. The molecule has 0 unspecified atom stereocenters. The fraction of sp³-hybridized carbons (Fsp3) is 0.125. The second-order valence-corrected chi connectivity index (χ2v) is 5.07. The summed E-state index contributed by atoms with van der Waals surface area (Å²) < 4.78 is 5.20. The summed E-state index contributed by atoms with van der Waals surface area (Å²) in [7, 11) is 0.173. The number of fused-ring (bicyclic) bond motifs is 1. The molecule has 3 N–H and O–H groups in total. The third-order valence-electron chi connectivity index (χ3n) is 3.58. The van der Waals surface area contributed by atoms with E-state index < -0.39 is 7.12 Å². The van der Waals surface area contributed by atoms with Crippen molar-refractivity contribution in [2.75, 3.05) is 12.4 Å². The Bertz CT molecular complexity index is 809. The number of nitrogens with zero attached hydrogens (tertiary/aromatic N) is 2. The number of nitrogens with one attached hydrogen (secondary N) is 1. The Morgan fingerprint density at radius 3 is 2.57 bits per heavy atom. The van der Waals surface area contributed by atoms with Crippen molar-refractivity contribution in [3.05, 3.63) is 54.4 Å². The lowest BCUT2D eigenvalue weighted by Gasteiger charge is -2.09. The van der Waals surface area contributed by atoms with E-state index in [1.165, 1.54) is 6.33 Å². The largest absolute Gasteiger partial charge is 0.497 e. The van der Waals surface area contributed by atoms with Gasteiger partial charge in [-0.1, -0.05) is 24.3 Å². The van der Waals surface area contributed by atoms with Crippen LogP contribution >= 0.6 is 0 Å². The first-order valence-electron chi connectivity index (χ1n) is 7.15. The normalized spacial score (nSPS) is 10.6. The van der Waals surface area contributed by atoms with E-state index >= 15 is 0 Å². The average Bonchev–Trinajstić information content (AvgIpc) is 2.59. The van der Waals surface area contributed by atoms with Crippen molar-refractivity contribution in [3.63, 3.8) is 0 Å². The summed E-state index contributed by atoms with van der Waals surface area (Å²) in [6, 6.07) is 12.7. The average molecular weight is 309 g/mol. The first-order chi connectivity index (χ1) is 11.2. The van der Waals surface area contributed by atoms with Gasteiger partial charge in [0.2, 0.25) is 0 Å². The minimum absolute atomic E-state index is 0.466. The number of hydrogen-bond acceptors (Lipinski definition) is 6.